The van der Waals surface area contributed by atoms with Gasteiger partial charge < -0.3 is 10.6 Å². The van der Waals surface area contributed by atoms with Crippen LogP contribution in [0.1, 0.15) is 58.8 Å². The summed E-state index contributed by atoms with van der Waals surface area (Å²) >= 11 is 0. The maximum absolute atomic E-state index is 3.78. The normalized spacial score (nSPS) is 24.0. The molecule has 1 aliphatic rings. The van der Waals surface area contributed by atoms with Crippen molar-refractivity contribution in [1.82, 2.24) is 10.6 Å². The molecule has 2 atom stereocenters. The highest BCUT2D eigenvalue weighted by atomic mass is 14.9. The molecule has 0 bridgehead atoms. The van der Waals surface area contributed by atoms with E-state index in [0.717, 1.165) is 12.0 Å². The van der Waals surface area contributed by atoms with Crippen LogP contribution in [0.3, 0.4) is 0 Å². The van der Waals surface area contributed by atoms with Gasteiger partial charge in [-0.1, -0.05) is 33.1 Å². The molecule has 1 aliphatic heterocycles. The van der Waals surface area contributed by atoms with Gasteiger partial charge in [-0.15, -0.1) is 0 Å². The Balaban J connectivity index is 2.14. The van der Waals surface area contributed by atoms with Crippen molar-refractivity contribution in [2.75, 3.05) is 19.6 Å². The van der Waals surface area contributed by atoms with E-state index >= 15 is 0 Å². The lowest BCUT2D eigenvalue weighted by Gasteiger charge is -2.21. The van der Waals surface area contributed by atoms with Crippen molar-refractivity contribution in [2.24, 2.45) is 5.92 Å². The number of hydrogen-bond acceptors (Lipinski definition) is 2. The molecule has 0 aromatic carbocycles. The lowest BCUT2D eigenvalue weighted by molar-refractivity contribution is 0.373. The molecule has 2 nitrogen and oxygen atoms in total. The molecule has 0 amide bonds. The summed E-state index contributed by atoms with van der Waals surface area (Å²) in [5.74, 6) is 0.899. The Kier molecular flexibility index (Phi) is 7.87. The third-order valence-electron chi connectivity index (χ3n) is 3.81. The third-order valence-corrected chi connectivity index (χ3v) is 3.81. The molecule has 2 N–H and O–H groups in total. The Morgan fingerprint density at radius 3 is 2.88 bits per heavy atom. The smallest absolute Gasteiger partial charge is 0.00797 e. The summed E-state index contributed by atoms with van der Waals surface area (Å²) in [7, 11) is 0. The van der Waals surface area contributed by atoms with Gasteiger partial charge in [-0.3, -0.25) is 0 Å². The topological polar surface area (TPSA) is 24.1 Å². The van der Waals surface area contributed by atoms with Crippen molar-refractivity contribution in [1.29, 1.82) is 0 Å². The standard InChI is InChI=1S/C14H30N2/c1-3-5-7-13(4-2)12-16-14-8-6-10-15-11-9-14/h13-16H,3-12H2,1-2H3. The first-order valence-corrected chi connectivity index (χ1v) is 7.30. The number of nitrogens with one attached hydrogen (secondary N) is 2. The Morgan fingerprint density at radius 1 is 1.25 bits per heavy atom. The summed E-state index contributed by atoms with van der Waals surface area (Å²) in [6, 6.07) is 0.769. The van der Waals surface area contributed by atoms with Gasteiger partial charge in [0, 0.05) is 6.04 Å². The highest BCUT2D eigenvalue weighted by Crippen LogP contribution is 2.13. The van der Waals surface area contributed by atoms with Gasteiger partial charge in [0.05, 0.1) is 0 Å². The summed E-state index contributed by atoms with van der Waals surface area (Å²) < 4.78 is 0. The number of hydrogen-bond donors (Lipinski definition) is 2. The average molecular weight is 226 g/mol. The lowest BCUT2D eigenvalue weighted by Crippen LogP contribution is -2.34. The lowest BCUT2D eigenvalue weighted by atomic mass is 9.98. The van der Waals surface area contributed by atoms with Crippen LogP contribution >= 0.6 is 0 Å². The Morgan fingerprint density at radius 2 is 2.12 bits per heavy atom. The van der Waals surface area contributed by atoms with E-state index in [1.54, 1.807) is 0 Å². The average Bonchev–Trinajstić information content (AvgIpc) is 2.58. The second kappa shape index (κ2) is 9.00. The molecule has 1 rings (SSSR count). The molecule has 16 heavy (non-hydrogen) atoms. The van der Waals surface area contributed by atoms with Crippen molar-refractivity contribution in [2.45, 2.75) is 64.8 Å². The molecule has 2 heteroatoms. The van der Waals surface area contributed by atoms with Gasteiger partial charge in [-0.2, -0.15) is 0 Å². The first-order valence-electron chi connectivity index (χ1n) is 7.30. The second-order valence-corrected chi connectivity index (χ2v) is 5.20. The summed E-state index contributed by atoms with van der Waals surface area (Å²) in [6.45, 7) is 8.27. The fraction of sp³-hybridized carbons (Fsp3) is 1.00. The first-order chi connectivity index (χ1) is 7.86. The maximum atomic E-state index is 3.78. The summed E-state index contributed by atoms with van der Waals surface area (Å²) in [5, 5.41) is 7.25. The quantitative estimate of drug-likeness (QED) is 0.697. The van der Waals surface area contributed by atoms with Crippen molar-refractivity contribution < 1.29 is 0 Å². The molecule has 0 saturated carbocycles. The van der Waals surface area contributed by atoms with Crippen LogP contribution < -0.4 is 10.6 Å². The van der Waals surface area contributed by atoms with Gasteiger partial charge in [0.25, 0.3) is 0 Å². The maximum Gasteiger partial charge on any atom is 0.00797 e. The molecule has 0 radical (unpaired) electrons. The minimum Gasteiger partial charge on any atom is -0.317 e. The number of rotatable bonds is 7. The van der Waals surface area contributed by atoms with Gasteiger partial charge in [0.1, 0.15) is 0 Å². The monoisotopic (exact) mass is 226 g/mol. The molecule has 0 aliphatic carbocycles. The highest BCUT2D eigenvalue weighted by Gasteiger charge is 2.13. The Bertz CT molecular complexity index is 151. The summed E-state index contributed by atoms with van der Waals surface area (Å²) in [5.41, 5.74) is 0. The van der Waals surface area contributed by atoms with Gasteiger partial charge >= 0.3 is 0 Å². The highest BCUT2D eigenvalue weighted by molar-refractivity contribution is 4.74. The van der Waals surface area contributed by atoms with Gasteiger partial charge in [-0.25, -0.2) is 0 Å². The zero-order chi connectivity index (χ0) is 11.6. The van der Waals surface area contributed by atoms with E-state index in [2.05, 4.69) is 24.5 Å². The van der Waals surface area contributed by atoms with Crippen LogP contribution in [0.5, 0.6) is 0 Å². The molecular weight excluding hydrogens is 196 g/mol. The molecule has 1 heterocycles. The molecule has 1 saturated heterocycles. The van der Waals surface area contributed by atoms with E-state index in [-0.39, 0.29) is 0 Å². The van der Waals surface area contributed by atoms with Crippen LogP contribution in [-0.4, -0.2) is 25.7 Å². The minimum atomic E-state index is 0.769. The van der Waals surface area contributed by atoms with Gasteiger partial charge in [0.15, 0.2) is 0 Å². The van der Waals surface area contributed by atoms with Gasteiger partial charge in [0.2, 0.25) is 0 Å². The van der Waals surface area contributed by atoms with E-state index in [1.807, 2.05) is 0 Å². The predicted octanol–water partition coefficient (Wildman–Crippen LogP) is 2.93. The third kappa shape index (κ3) is 5.86. The van der Waals surface area contributed by atoms with Crippen LogP contribution in [0.4, 0.5) is 0 Å². The van der Waals surface area contributed by atoms with Crippen LogP contribution in [-0.2, 0) is 0 Å². The molecule has 1 fully saturated rings. The Hall–Kier alpha value is -0.0800. The largest absolute Gasteiger partial charge is 0.317 e. The van der Waals surface area contributed by atoms with Crippen molar-refractivity contribution in [3.05, 3.63) is 0 Å². The van der Waals surface area contributed by atoms with E-state index in [1.165, 1.54) is 64.6 Å². The van der Waals surface area contributed by atoms with Crippen LogP contribution in [0.25, 0.3) is 0 Å². The van der Waals surface area contributed by atoms with Crippen LogP contribution in [0.15, 0.2) is 0 Å². The van der Waals surface area contributed by atoms with E-state index < -0.39 is 0 Å². The second-order valence-electron chi connectivity index (χ2n) is 5.20. The summed E-state index contributed by atoms with van der Waals surface area (Å²) in [4.78, 5) is 0. The van der Waals surface area contributed by atoms with Crippen LogP contribution in [0, 0.1) is 5.92 Å². The fourth-order valence-electron chi connectivity index (χ4n) is 2.50. The molecule has 96 valence electrons. The Labute approximate surface area is 102 Å². The van der Waals surface area contributed by atoms with Crippen LogP contribution in [0.2, 0.25) is 0 Å². The number of unbranched alkanes of at least 4 members (excludes halogenated alkanes) is 1. The van der Waals surface area contributed by atoms with E-state index in [0.29, 0.717) is 0 Å². The summed E-state index contributed by atoms with van der Waals surface area (Å²) in [6.07, 6.45) is 9.48. The molecule has 2 unspecified atom stereocenters. The molecular formula is C14H30N2. The van der Waals surface area contributed by atoms with Crippen molar-refractivity contribution >= 4 is 0 Å². The zero-order valence-corrected chi connectivity index (χ0v) is 11.2. The first kappa shape index (κ1) is 14.0. The van der Waals surface area contributed by atoms with E-state index in [4.69, 9.17) is 0 Å². The minimum absolute atomic E-state index is 0.769. The van der Waals surface area contributed by atoms with Gasteiger partial charge in [-0.05, 0) is 51.2 Å². The van der Waals surface area contributed by atoms with Crippen molar-refractivity contribution in [3.63, 3.8) is 0 Å². The SMILES string of the molecule is CCCCC(CC)CNC1CCCNCC1. The van der Waals surface area contributed by atoms with Crippen molar-refractivity contribution in [3.8, 4) is 0 Å². The molecule has 0 aromatic heterocycles. The van der Waals surface area contributed by atoms with E-state index in [9.17, 15) is 0 Å². The molecule has 0 aromatic rings. The fourth-order valence-corrected chi connectivity index (χ4v) is 2.50. The molecule has 0 spiro atoms. The zero-order valence-electron chi connectivity index (χ0n) is 11.2. The predicted molar refractivity (Wildman–Crippen MR) is 71.8 cm³/mol.